The van der Waals surface area contributed by atoms with Gasteiger partial charge in [0.15, 0.2) is 0 Å². The summed E-state index contributed by atoms with van der Waals surface area (Å²) in [5.74, 6) is 0.538. The maximum Gasteiger partial charge on any atom is 0.307 e. The molecular formula is C21H19ClN2O4. The zero-order valence-corrected chi connectivity index (χ0v) is 15.9. The highest BCUT2D eigenvalue weighted by Gasteiger charge is 2.16. The van der Waals surface area contributed by atoms with Crippen molar-refractivity contribution in [3.8, 4) is 5.88 Å². The average molecular weight is 399 g/mol. The van der Waals surface area contributed by atoms with Crippen molar-refractivity contribution < 1.29 is 19.1 Å². The molecule has 0 saturated heterocycles. The lowest BCUT2D eigenvalue weighted by atomic mass is 10.1. The lowest BCUT2D eigenvalue weighted by Gasteiger charge is -2.27. The van der Waals surface area contributed by atoms with E-state index in [0.717, 1.165) is 40.9 Å². The molecule has 4 rings (SSSR count). The third-order valence-electron chi connectivity index (χ3n) is 4.73. The van der Waals surface area contributed by atoms with Crippen molar-refractivity contribution in [2.75, 3.05) is 18.0 Å². The van der Waals surface area contributed by atoms with Gasteiger partial charge in [0.2, 0.25) is 5.88 Å². The fourth-order valence-electron chi connectivity index (χ4n) is 3.29. The largest absolute Gasteiger partial charge is 0.481 e. The van der Waals surface area contributed by atoms with Crippen LogP contribution in [-0.2, 0) is 11.4 Å². The van der Waals surface area contributed by atoms with Crippen LogP contribution in [0.2, 0.25) is 5.02 Å². The maximum atomic E-state index is 10.8. The van der Waals surface area contributed by atoms with Crippen LogP contribution in [0, 0.1) is 0 Å². The second-order valence-electron chi connectivity index (χ2n) is 6.62. The van der Waals surface area contributed by atoms with Crippen LogP contribution in [0.1, 0.15) is 18.4 Å². The molecule has 1 N–H and O–H groups in total. The summed E-state index contributed by atoms with van der Waals surface area (Å²) in [5, 5.41) is 10.4. The van der Waals surface area contributed by atoms with Crippen molar-refractivity contribution in [2.45, 2.75) is 19.4 Å². The van der Waals surface area contributed by atoms with Gasteiger partial charge in [0.05, 0.1) is 17.7 Å². The molecule has 28 heavy (non-hydrogen) atoms. The van der Waals surface area contributed by atoms with E-state index < -0.39 is 5.97 Å². The van der Waals surface area contributed by atoms with E-state index in [1.54, 1.807) is 6.26 Å². The summed E-state index contributed by atoms with van der Waals surface area (Å²) < 4.78 is 11.4. The van der Waals surface area contributed by atoms with Gasteiger partial charge in [-0.25, -0.2) is 0 Å². The molecule has 0 atom stereocenters. The van der Waals surface area contributed by atoms with Gasteiger partial charge in [-0.1, -0.05) is 35.4 Å². The molecule has 3 heterocycles. The predicted octanol–water partition coefficient (Wildman–Crippen LogP) is 4.67. The van der Waals surface area contributed by atoms with Gasteiger partial charge >= 0.3 is 5.97 Å². The summed E-state index contributed by atoms with van der Waals surface area (Å²) in [7, 11) is 0. The minimum Gasteiger partial charge on any atom is -0.481 e. The lowest BCUT2D eigenvalue weighted by Crippen LogP contribution is -2.29. The highest BCUT2D eigenvalue weighted by molar-refractivity contribution is 6.35. The van der Waals surface area contributed by atoms with Gasteiger partial charge in [-0.05, 0) is 24.6 Å². The van der Waals surface area contributed by atoms with Crippen molar-refractivity contribution in [1.82, 2.24) is 4.98 Å². The molecule has 0 fully saturated rings. The van der Waals surface area contributed by atoms with E-state index in [0.29, 0.717) is 24.1 Å². The Bertz CT molecular complexity index is 1040. The minimum absolute atomic E-state index is 0.104. The summed E-state index contributed by atoms with van der Waals surface area (Å²) in [4.78, 5) is 17.5. The molecule has 1 aliphatic heterocycles. The number of carboxylic acids is 1. The lowest BCUT2D eigenvalue weighted by molar-refractivity contribution is -0.136. The summed E-state index contributed by atoms with van der Waals surface area (Å²) in [6, 6.07) is 11.2. The third kappa shape index (κ3) is 3.97. The molecule has 6 nitrogen and oxygen atoms in total. The van der Waals surface area contributed by atoms with Crippen LogP contribution < -0.4 is 9.64 Å². The number of halogens is 1. The fourth-order valence-corrected chi connectivity index (χ4v) is 3.50. The predicted molar refractivity (Wildman–Crippen MR) is 107 cm³/mol. The Morgan fingerprint density at radius 2 is 2.18 bits per heavy atom. The zero-order valence-electron chi connectivity index (χ0n) is 15.1. The average Bonchev–Trinajstić information content (AvgIpc) is 3.19. The Morgan fingerprint density at radius 3 is 2.96 bits per heavy atom. The second-order valence-corrected chi connectivity index (χ2v) is 7.03. The highest BCUT2D eigenvalue weighted by atomic mass is 35.5. The van der Waals surface area contributed by atoms with Gasteiger partial charge in [-0.15, -0.1) is 0 Å². The van der Waals surface area contributed by atoms with Crippen LogP contribution in [0.5, 0.6) is 5.88 Å². The molecule has 144 valence electrons. The first-order valence-electron chi connectivity index (χ1n) is 8.99. The van der Waals surface area contributed by atoms with Crippen LogP contribution in [0.15, 0.2) is 58.7 Å². The minimum atomic E-state index is -0.791. The number of hydrogen-bond donors (Lipinski definition) is 1. The zero-order chi connectivity index (χ0) is 19.5. The Balaban J connectivity index is 1.44. The number of ether oxygens (including phenoxy) is 1. The Kier molecular flexibility index (Phi) is 5.21. The summed E-state index contributed by atoms with van der Waals surface area (Å²) >= 11 is 6.18. The van der Waals surface area contributed by atoms with E-state index in [1.807, 2.05) is 42.5 Å². The number of pyridine rings is 1. The molecule has 3 aromatic rings. The Labute approximate surface area is 167 Å². The first kappa shape index (κ1) is 18.4. The topological polar surface area (TPSA) is 75.8 Å². The third-order valence-corrected chi connectivity index (χ3v) is 5.06. The second kappa shape index (κ2) is 7.94. The monoisotopic (exact) mass is 398 g/mol. The molecule has 0 aliphatic carbocycles. The quantitative estimate of drug-likeness (QED) is 0.608. The first-order chi connectivity index (χ1) is 13.6. The number of aliphatic carboxylic acids is 1. The molecule has 0 saturated carbocycles. The number of carbonyl (C=O) groups is 1. The van der Waals surface area contributed by atoms with Crippen molar-refractivity contribution in [3.63, 3.8) is 0 Å². The highest BCUT2D eigenvalue weighted by Crippen LogP contribution is 2.28. The van der Waals surface area contributed by atoms with Gasteiger partial charge in [0.25, 0.3) is 0 Å². The van der Waals surface area contributed by atoms with Crippen molar-refractivity contribution in [1.29, 1.82) is 0 Å². The van der Waals surface area contributed by atoms with Crippen molar-refractivity contribution in [2.24, 2.45) is 0 Å². The Hall–Kier alpha value is -2.99. The van der Waals surface area contributed by atoms with Gasteiger partial charge < -0.3 is 19.2 Å². The van der Waals surface area contributed by atoms with Gasteiger partial charge in [0, 0.05) is 30.1 Å². The molecular weight excluding hydrogens is 380 g/mol. The van der Waals surface area contributed by atoms with E-state index >= 15 is 0 Å². The number of benzene rings is 1. The first-order valence-corrected chi connectivity index (χ1v) is 9.37. The molecule has 1 aliphatic rings. The molecule has 7 heteroatoms. The smallest absolute Gasteiger partial charge is 0.307 e. The Morgan fingerprint density at radius 1 is 1.29 bits per heavy atom. The van der Waals surface area contributed by atoms with E-state index in [9.17, 15) is 4.79 Å². The number of rotatable bonds is 6. The molecule has 0 unspecified atom stereocenters. The SMILES string of the molecule is O=C(O)CC1=CCN(c2cccc(OCc3ccc(Cl)c4ccoc34)n2)CC1. The molecule has 0 bridgehead atoms. The molecule has 0 amide bonds. The van der Waals surface area contributed by atoms with E-state index in [2.05, 4.69) is 9.88 Å². The molecule has 2 aromatic heterocycles. The van der Waals surface area contributed by atoms with Crippen LogP contribution >= 0.6 is 11.6 Å². The molecule has 1 aromatic carbocycles. The van der Waals surface area contributed by atoms with Gasteiger partial charge in [-0.3, -0.25) is 4.79 Å². The number of furan rings is 1. The van der Waals surface area contributed by atoms with Gasteiger partial charge in [-0.2, -0.15) is 4.98 Å². The van der Waals surface area contributed by atoms with Crippen LogP contribution in [0.25, 0.3) is 11.0 Å². The normalized spacial score (nSPS) is 14.2. The number of aromatic nitrogens is 1. The van der Waals surface area contributed by atoms with Crippen LogP contribution in [0.4, 0.5) is 5.82 Å². The number of anilines is 1. The fraction of sp³-hybridized carbons (Fsp3) is 0.238. The van der Waals surface area contributed by atoms with E-state index in [4.69, 9.17) is 25.9 Å². The van der Waals surface area contributed by atoms with Crippen LogP contribution in [0.3, 0.4) is 0 Å². The summed E-state index contributed by atoms with van der Waals surface area (Å²) in [6.45, 7) is 1.70. The summed E-state index contributed by atoms with van der Waals surface area (Å²) in [5.41, 5.74) is 2.58. The maximum absolute atomic E-state index is 10.8. The van der Waals surface area contributed by atoms with E-state index in [-0.39, 0.29) is 6.42 Å². The van der Waals surface area contributed by atoms with Crippen LogP contribution in [-0.4, -0.2) is 29.1 Å². The number of nitrogens with zero attached hydrogens (tertiary/aromatic N) is 2. The molecule has 0 radical (unpaired) electrons. The van der Waals surface area contributed by atoms with Crippen molar-refractivity contribution >= 4 is 34.4 Å². The van der Waals surface area contributed by atoms with Gasteiger partial charge in [0.1, 0.15) is 18.0 Å². The standard InChI is InChI=1S/C21H19ClN2O4/c22-17-5-4-15(21-16(17)8-11-27-21)13-28-19-3-1-2-18(23-19)24-9-6-14(7-10-24)12-20(25)26/h1-6,8,11H,7,9-10,12-13H2,(H,25,26). The number of carboxylic acid groups (broad SMARTS) is 1. The number of hydrogen-bond acceptors (Lipinski definition) is 5. The van der Waals surface area contributed by atoms with Crippen molar-refractivity contribution in [3.05, 3.63) is 64.9 Å². The summed E-state index contributed by atoms with van der Waals surface area (Å²) in [6.07, 6.45) is 4.41. The number of fused-ring (bicyclic) bond motifs is 1. The molecule has 0 spiro atoms. The van der Waals surface area contributed by atoms with E-state index in [1.165, 1.54) is 0 Å².